The van der Waals surface area contributed by atoms with E-state index in [0.717, 1.165) is 25.1 Å². The molecule has 1 aliphatic rings. The molecule has 0 radical (unpaired) electrons. The summed E-state index contributed by atoms with van der Waals surface area (Å²) in [7, 11) is 0. The number of carbonyl (C=O) groups is 1. The second-order valence-electron chi connectivity index (χ2n) is 3.29. The zero-order valence-electron chi connectivity index (χ0n) is 11.8. The Morgan fingerprint density at radius 2 is 1.78 bits per heavy atom. The fourth-order valence-corrected chi connectivity index (χ4v) is 1.42. The molecule has 1 aliphatic heterocycles. The van der Waals surface area contributed by atoms with Crippen LogP contribution in [-0.2, 0) is 4.74 Å². The quantitative estimate of drug-likeness (QED) is 0.769. The molecular weight excluding hydrogens is 228 g/mol. The molecule has 1 saturated heterocycles. The molecule has 1 fully saturated rings. The molecule has 2 rings (SSSR count). The van der Waals surface area contributed by atoms with Gasteiger partial charge in [-0.2, -0.15) is 0 Å². The van der Waals surface area contributed by atoms with E-state index in [1.165, 1.54) is 0 Å². The van der Waals surface area contributed by atoms with E-state index in [-0.39, 0.29) is 6.10 Å². The molecular formula is C15H24O3. The Morgan fingerprint density at radius 1 is 1.17 bits per heavy atom. The lowest BCUT2D eigenvalue weighted by molar-refractivity contribution is 0.112. The topological polar surface area (TPSA) is 35.5 Å². The zero-order chi connectivity index (χ0) is 13.8. The fourth-order valence-electron chi connectivity index (χ4n) is 1.42. The zero-order valence-corrected chi connectivity index (χ0v) is 11.8. The summed E-state index contributed by atoms with van der Waals surface area (Å²) in [5.41, 5.74) is 0.667. The molecule has 1 aromatic rings. The molecule has 3 nitrogen and oxygen atoms in total. The summed E-state index contributed by atoms with van der Waals surface area (Å²) in [6, 6.07) is 7.11. The van der Waals surface area contributed by atoms with E-state index < -0.39 is 0 Å². The minimum atomic E-state index is 0.164. The molecule has 0 saturated carbocycles. The SMILES string of the molecule is CC.CC.O=Cc1ccc(OC2CCOC2)cc1. The molecule has 1 atom stereocenters. The van der Waals surface area contributed by atoms with Crippen LogP contribution in [0.2, 0.25) is 0 Å². The van der Waals surface area contributed by atoms with Crippen LogP contribution in [-0.4, -0.2) is 25.6 Å². The number of hydrogen-bond donors (Lipinski definition) is 0. The van der Waals surface area contributed by atoms with Crippen LogP contribution in [0.25, 0.3) is 0 Å². The Labute approximate surface area is 110 Å². The monoisotopic (exact) mass is 252 g/mol. The van der Waals surface area contributed by atoms with Crippen molar-refractivity contribution >= 4 is 6.29 Å². The van der Waals surface area contributed by atoms with E-state index in [0.29, 0.717) is 12.2 Å². The van der Waals surface area contributed by atoms with E-state index in [4.69, 9.17) is 9.47 Å². The molecule has 1 aromatic carbocycles. The highest BCUT2D eigenvalue weighted by molar-refractivity contribution is 5.74. The predicted molar refractivity (Wildman–Crippen MR) is 74.4 cm³/mol. The minimum absolute atomic E-state index is 0.164. The van der Waals surface area contributed by atoms with Gasteiger partial charge in [0.25, 0.3) is 0 Å². The van der Waals surface area contributed by atoms with Gasteiger partial charge in [-0.15, -0.1) is 0 Å². The van der Waals surface area contributed by atoms with Gasteiger partial charge in [0.2, 0.25) is 0 Å². The Balaban J connectivity index is 0.000000659. The van der Waals surface area contributed by atoms with Crippen molar-refractivity contribution in [1.29, 1.82) is 0 Å². The molecule has 1 unspecified atom stereocenters. The summed E-state index contributed by atoms with van der Waals surface area (Å²) in [5.74, 6) is 0.797. The van der Waals surface area contributed by atoms with Gasteiger partial charge >= 0.3 is 0 Å². The highest BCUT2D eigenvalue weighted by atomic mass is 16.5. The van der Waals surface area contributed by atoms with Crippen LogP contribution in [0.4, 0.5) is 0 Å². The summed E-state index contributed by atoms with van der Waals surface area (Å²) in [5, 5.41) is 0. The second-order valence-corrected chi connectivity index (χ2v) is 3.29. The Morgan fingerprint density at radius 3 is 2.22 bits per heavy atom. The van der Waals surface area contributed by atoms with Crippen molar-refractivity contribution in [2.75, 3.05) is 13.2 Å². The van der Waals surface area contributed by atoms with Gasteiger partial charge in [0.15, 0.2) is 0 Å². The molecule has 0 N–H and O–H groups in total. The Hall–Kier alpha value is -1.35. The highest BCUT2D eigenvalue weighted by Crippen LogP contribution is 2.16. The van der Waals surface area contributed by atoms with Gasteiger partial charge < -0.3 is 9.47 Å². The molecule has 1 heterocycles. The maximum absolute atomic E-state index is 10.4. The Kier molecular flexibility index (Phi) is 9.97. The summed E-state index contributed by atoms with van der Waals surface area (Å²) >= 11 is 0. The van der Waals surface area contributed by atoms with Gasteiger partial charge in [0.05, 0.1) is 13.2 Å². The van der Waals surface area contributed by atoms with Crippen molar-refractivity contribution in [2.24, 2.45) is 0 Å². The third kappa shape index (κ3) is 5.82. The standard InChI is InChI=1S/C11H12O3.2C2H6/c12-7-9-1-3-10(4-2-9)14-11-5-6-13-8-11;2*1-2/h1-4,7,11H,5-6,8H2;2*1-2H3. The number of benzene rings is 1. The van der Waals surface area contributed by atoms with Gasteiger partial charge in [-0.3, -0.25) is 4.79 Å². The van der Waals surface area contributed by atoms with Crippen LogP contribution in [0.3, 0.4) is 0 Å². The number of rotatable bonds is 3. The van der Waals surface area contributed by atoms with Crippen LogP contribution in [0, 0.1) is 0 Å². The first-order chi connectivity index (χ1) is 8.88. The van der Waals surface area contributed by atoms with Crippen LogP contribution in [0.1, 0.15) is 44.5 Å². The Bertz CT molecular complexity index is 300. The lowest BCUT2D eigenvalue weighted by Crippen LogP contribution is -2.15. The summed E-state index contributed by atoms with van der Waals surface area (Å²) in [6.45, 7) is 9.44. The van der Waals surface area contributed by atoms with Crippen LogP contribution in [0.15, 0.2) is 24.3 Å². The van der Waals surface area contributed by atoms with Crippen molar-refractivity contribution < 1.29 is 14.3 Å². The van der Waals surface area contributed by atoms with Crippen LogP contribution < -0.4 is 4.74 Å². The van der Waals surface area contributed by atoms with Gasteiger partial charge in [0.1, 0.15) is 18.1 Å². The summed E-state index contributed by atoms with van der Waals surface area (Å²) < 4.78 is 10.8. The number of carbonyl (C=O) groups excluding carboxylic acids is 1. The van der Waals surface area contributed by atoms with Crippen LogP contribution in [0.5, 0.6) is 5.75 Å². The average Bonchev–Trinajstić information content (AvgIpc) is 2.97. The lowest BCUT2D eigenvalue weighted by Gasteiger charge is -2.11. The van der Waals surface area contributed by atoms with E-state index in [1.807, 2.05) is 39.8 Å². The molecule has 0 aromatic heterocycles. The van der Waals surface area contributed by atoms with E-state index in [2.05, 4.69) is 0 Å². The molecule has 18 heavy (non-hydrogen) atoms. The van der Waals surface area contributed by atoms with E-state index in [9.17, 15) is 4.79 Å². The molecule has 0 bridgehead atoms. The summed E-state index contributed by atoms with van der Waals surface area (Å²) in [6.07, 6.45) is 1.93. The lowest BCUT2D eigenvalue weighted by atomic mass is 10.2. The maximum Gasteiger partial charge on any atom is 0.150 e. The highest BCUT2D eigenvalue weighted by Gasteiger charge is 2.16. The molecule has 0 amide bonds. The predicted octanol–water partition coefficient (Wildman–Crippen LogP) is 3.72. The van der Waals surface area contributed by atoms with Crippen molar-refractivity contribution in [2.45, 2.75) is 40.2 Å². The van der Waals surface area contributed by atoms with Crippen LogP contribution >= 0.6 is 0 Å². The smallest absolute Gasteiger partial charge is 0.150 e. The van der Waals surface area contributed by atoms with Crippen molar-refractivity contribution in [1.82, 2.24) is 0 Å². The summed E-state index contributed by atoms with van der Waals surface area (Å²) in [4.78, 5) is 10.4. The largest absolute Gasteiger partial charge is 0.488 e. The first-order valence-electron chi connectivity index (χ1n) is 6.68. The fraction of sp³-hybridized carbons (Fsp3) is 0.533. The van der Waals surface area contributed by atoms with Gasteiger partial charge in [-0.25, -0.2) is 0 Å². The first-order valence-corrected chi connectivity index (χ1v) is 6.68. The third-order valence-corrected chi connectivity index (χ3v) is 2.21. The number of aldehydes is 1. The number of ether oxygens (including phenoxy) is 2. The normalized spacial score (nSPS) is 16.8. The molecule has 3 heteroatoms. The minimum Gasteiger partial charge on any atom is -0.488 e. The molecule has 102 valence electrons. The van der Waals surface area contributed by atoms with Crippen molar-refractivity contribution in [3.63, 3.8) is 0 Å². The van der Waals surface area contributed by atoms with Gasteiger partial charge in [0, 0.05) is 12.0 Å². The van der Waals surface area contributed by atoms with Crippen molar-refractivity contribution in [3.05, 3.63) is 29.8 Å². The second kappa shape index (κ2) is 10.8. The average molecular weight is 252 g/mol. The third-order valence-electron chi connectivity index (χ3n) is 2.21. The molecule has 0 aliphatic carbocycles. The molecule has 0 spiro atoms. The first kappa shape index (κ1) is 16.6. The van der Waals surface area contributed by atoms with E-state index in [1.54, 1.807) is 12.1 Å². The van der Waals surface area contributed by atoms with E-state index >= 15 is 0 Å². The van der Waals surface area contributed by atoms with Gasteiger partial charge in [-0.05, 0) is 24.3 Å². The van der Waals surface area contributed by atoms with Crippen molar-refractivity contribution in [3.8, 4) is 5.75 Å². The maximum atomic E-state index is 10.4. The number of hydrogen-bond acceptors (Lipinski definition) is 3. The van der Waals surface area contributed by atoms with Gasteiger partial charge in [-0.1, -0.05) is 27.7 Å².